The smallest absolute Gasteiger partial charge is 0.225 e. The van der Waals surface area contributed by atoms with Gasteiger partial charge in [0.25, 0.3) is 0 Å². The van der Waals surface area contributed by atoms with Gasteiger partial charge in [0.15, 0.2) is 0 Å². The average Bonchev–Trinajstić information content (AvgIpc) is 3.45. The molecule has 0 spiro atoms. The Balaban J connectivity index is 1.37. The molecule has 30 heavy (non-hydrogen) atoms. The Bertz CT molecular complexity index is 968. The largest absolute Gasteiger partial charge is 0.352 e. The molecular formula is C23H29N5OS. The minimum atomic E-state index is 0.0686. The third kappa shape index (κ3) is 4.96. The monoisotopic (exact) mass is 423 g/mol. The number of pyridine rings is 1. The van der Waals surface area contributed by atoms with E-state index in [4.69, 9.17) is 0 Å². The van der Waals surface area contributed by atoms with Gasteiger partial charge < -0.3 is 5.32 Å². The molecule has 1 aliphatic heterocycles. The zero-order valence-electron chi connectivity index (χ0n) is 17.7. The SMILES string of the molecule is Cc1ncc2c(c1CNC(=O)Cc1cccs1)CCN(C(C)CCn1cccn1)C2. The lowest BCUT2D eigenvalue weighted by atomic mass is 9.94. The molecule has 1 N–H and O–H groups in total. The van der Waals surface area contributed by atoms with Crippen molar-refractivity contribution in [3.05, 3.63) is 69.4 Å². The number of nitrogens with one attached hydrogen (secondary N) is 1. The van der Waals surface area contributed by atoms with Crippen molar-refractivity contribution in [3.8, 4) is 0 Å². The van der Waals surface area contributed by atoms with Crippen molar-refractivity contribution in [2.75, 3.05) is 6.54 Å². The predicted octanol–water partition coefficient (Wildman–Crippen LogP) is 3.34. The van der Waals surface area contributed by atoms with E-state index in [2.05, 4.69) is 27.2 Å². The van der Waals surface area contributed by atoms with E-state index in [0.29, 0.717) is 19.0 Å². The lowest BCUT2D eigenvalue weighted by Crippen LogP contribution is -2.39. The van der Waals surface area contributed by atoms with Crippen LogP contribution in [0.15, 0.2) is 42.2 Å². The number of aryl methyl sites for hydroxylation is 2. The fraction of sp³-hybridized carbons (Fsp3) is 0.435. The maximum atomic E-state index is 12.3. The van der Waals surface area contributed by atoms with Gasteiger partial charge in [0.05, 0.1) is 6.42 Å². The Morgan fingerprint density at radius 3 is 3.03 bits per heavy atom. The molecule has 0 radical (unpaired) electrons. The summed E-state index contributed by atoms with van der Waals surface area (Å²) >= 11 is 1.62. The summed E-state index contributed by atoms with van der Waals surface area (Å²) in [6.45, 7) is 7.78. The van der Waals surface area contributed by atoms with E-state index in [1.807, 2.05) is 53.8 Å². The Morgan fingerprint density at radius 1 is 1.37 bits per heavy atom. The van der Waals surface area contributed by atoms with E-state index in [1.54, 1.807) is 11.3 Å². The van der Waals surface area contributed by atoms with Gasteiger partial charge in [-0.15, -0.1) is 11.3 Å². The number of thiophene rings is 1. The molecule has 1 aliphatic rings. The molecule has 7 heteroatoms. The van der Waals surface area contributed by atoms with Crippen molar-refractivity contribution in [1.82, 2.24) is 25.0 Å². The van der Waals surface area contributed by atoms with E-state index in [0.717, 1.165) is 43.0 Å². The van der Waals surface area contributed by atoms with Crippen molar-refractivity contribution in [2.24, 2.45) is 0 Å². The maximum absolute atomic E-state index is 12.3. The predicted molar refractivity (Wildman–Crippen MR) is 119 cm³/mol. The van der Waals surface area contributed by atoms with Crippen LogP contribution in [0, 0.1) is 6.92 Å². The summed E-state index contributed by atoms with van der Waals surface area (Å²) in [5, 5.41) is 9.41. The fourth-order valence-corrected chi connectivity index (χ4v) is 4.81. The molecule has 3 aromatic heterocycles. The third-order valence-corrected chi connectivity index (χ3v) is 6.84. The number of rotatable bonds is 8. The quantitative estimate of drug-likeness (QED) is 0.604. The standard InChI is InChI=1S/C23H29N5OS/c1-17(6-11-28-9-4-8-26-28)27-10-7-21-19(16-27)14-24-18(2)22(21)15-25-23(29)13-20-5-3-12-30-20/h3-5,8-9,12,14,17H,6-7,10-11,13,15-16H2,1-2H3,(H,25,29). The van der Waals surface area contributed by atoms with Gasteiger partial charge in [-0.2, -0.15) is 5.10 Å². The van der Waals surface area contributed by atoms with Gasteiger partial charge in [-0.3, -0.25) is 19.4 Å². The van der Waals surface area contributed by atoms with Crippen LogP contribution in [0.3, 0.4) is 0 Å². The Morgan fingerprint density at radius 2 is 2.27 bits per heavy atom. The minimum Gasteiger partial charge on any atom is -0.352 e. The normalized spacial score (nSPS) is 15.0. The van der Waals surface area contributed by atoms with Crippen molar-refractivity contribution < 1.29 is 4.79 Å². The van der Waals surface area contributed by atoms with E-state index in [-0.39, 0.29) is 5.91 Å². The molecule has 0 bridgehead atoms. The molecule has 158 valence electrons. The van der Waals surface area contributed by atoms with Crippen LogP contribution < -0.4 is 5.32 Å². The van der Waals surface area contributed by atoms with Gasteiger partial charge in [0, 0.05) is 61.4 Å². The summed E-state index contributed by atoms with van der Waals surface area (Å²) in [4.78, 5) is 20.6. The molecule has 0 fully saturated rings. The zero-order chi connectivity index (χ0) is 20.9. The molecule has 0 aromatic carbocycles. The second kappa shape index (κ2) is 9.53. The number of hydrogen-bond acceptors (Lipinski definition) is 5. The molecule has 4 heterocycles. The highest BCUT2D eigenvalue weighted by Gasteiger charge is 2.24. The maximum Gasteiger partial charge on any atom is 0.225 e. The van der Waals surface area contributed by atoms with Crippen LogP contribution >= 0.6 is 11.3 Å². The first-order valence-corrected chi connectivity index (χ1v) is 11.4. The van der Waals surface area contributed by atoms with Crippen LogP contribution in [0.2, 0.25) is 0 Å². The highest BCUT2D eigenvalue weighted by atomic mass is 32.1. The van der Waals surface area contributed by atoms with Gasteiger partial charge in [0.1, 0.15) is 0 Å². The van der Waals surface area contributed by atoms with Crippen LogP contribution in [-0.4, -0.2) is 38.2 Å². The highest BCUT2D eigenvalue weighted by Crippen LogP contribution is 2.26. The van der Waals surface area contributed by atoms with Crippen LogP contribution in [0.25, 0.3) is 0 Å². The summed E-state index contributed by atoms with van der Waals surface area (Å²) < 4.78 is 2.00. The van der Waals surface area contributed by atoms with E-state index in [1.165, 1.54) is 16.7 Å². The van der Waals surface area contributed by atoms with Crippen molar-refractivity contribution in [1.29, 1.82) is 0 Å². The van der Waals surface area contributed by atoms with E-state index >= 15 is 0 Å². The van der Waals surface area contributed by atoms with Crippen LogP contribution in [-0.2, 0) is 37.3 Å². The molecule has 0 saturated carbocycles. The third-order valence-electron chi connectivity index (χ3n) is 5.96. The minimum absolute atomic E-state index is 0.0686. The first-order valence-electron chi connectivity index (χ1n) is 10.6. The molecule has 1 unspecified atom stereocenters. The highest BCUT2D eigenvalue weighted by molar-refractivity contribution is 7.10. The second-order valence-corrected chi connectivity index (χ2v) is 9.02. The lowest BCUT2D eigenvalue weighted by molar-refractivity contribution is -0.120. The molecule has 1 amide bonds. The number of aromatic nitrogens is 3. The Labute approximate surface area is 181 Å². The number of carbonyl (C=O) groups excluding carboxylic acids is 1. The summed E-state index contributed by atoms with van der Waals surface area (Å²) in [5.74, 6) is 0.0686. The first-order chi connectivity index (χ1) is 14.6. The Kier molecular flexibility index (Phi) is 6.59. The van der Waals surface area contributed by atoms with Gasteiger partial charge in [0.2, 0.25) is 5.91 Å². The van der Waals surface area contributed by atoms with Gasteiger partial charge in [-0.1, -0.05) is 6.07 Å². The van der Waals surface area contributed by atoms with Crippen molar-refractivity contribution in [2.45, 2.75) is 58.8 Å². The topological polar surface area (TPSA) is 63.1 Å². The van der Waals surface area contributed by atoms with E-state index < -0.39 is 0 Å². The van der Waals surface area contributed by atoms with Crippen LogP contribution in [0.4, 0.5) is 0 Å². The fourth-order valence-electron chi connectivity index (χ4n) is 4.11. The van der Waals surface area contributed by atoms with Gasteiger partial charge >= 0.3 is 0 Å². The second-order valence-electron chi connectivity index (χ2n) is 7.99. The molecule has 4 rings (SSSR count). The molecule has 0 aliphatic carbocycles. The van der Waals surface area contributed by atoms with Crippen molar-refractivity contribution in [3.63, 3.8) is 0 Å². The lowest BCUT2D eigenvalue weighted by Gasteiger charge is -2.34. The summed E-state index contributed by atoms with van der Waals surface area (Å²) in [6, 6.07) is 6.44. The summed E-state index contributed by atoms with van der Waals surface area (Å²) in [6.07, 6.45) is 8.39. The number of amides is 1. The average molecular weight is 424 g/mol. The van der Waals surface area contributed by atoms with Crippen LogP contribution in [0.1, 0.15) is 40.6 Å². The summed E-state index contributed by atoms with van der Waals surface area (Å²) in [7, 11) is 0. The number of fused-ring (bicyclic) bond motifs is 1. The number of carbonyl (C=O) groups is 1. The molecule has 3 aromatic rings. The van der Waals surface area contributed by atoms with Crippen LogP contribution in [0.5, 0.6) is 0 Å². The van der Waals surface area contributed by atoms with E-state index in [9.17, 15) is 4.79 Å². The van der Waals surface area contributed by atoms with Gasteiger partial charge in [-0.05, 0) is 60.9 Å². The first kappa shape index (κ1) is 20.8. The summed E-state index contributed by atoms with van der Waals surface area (Å²) in [5.41, 5.74) is 4.87. The molecule has 6 nitrogen and oxygen atoms in total. The van der Waals surface area contributed by atoms with Crippen molar-refractivity contribution >= 4 is 17.2 Å². The molecule has 0 saturated heterocycles. The molecule has 1 atom stereocenters. The zero-order valence-corrected chi connectivity index (χ0v) is 18.5. The van der Waals surface area contributed by atoms with Gasteiger partial charge in [-0.25, -0.2) is 0 Å². The number of nitrogens with zero attached hydrogens (tertiary/aromatic N) is 4. The Hall–Kier alpha value is -2.51. The molecular weight excluding hydrogens is 394 g/mol. The number of hydrogen-bond donors (Lipinski definition) is 1.